The maximum absolute atomic E-state index is 3.67. The summed E-state index contributed by atoms with van der Waals surface area (Å²) in [6.07, 6.45) is 5.45. The van der Waals surface area contributed by atoms with Crippen molar-refractivity contribution in [1.29, 1.82) is 0 Å². The molecule has 1 fully saturated rings. The highest BCUT2D eigenvalue weighted by molar-refractivity contribution is 7.07. The summed E-state index contributed by atoms with van der Waals surface area (Å²) in [5.74, 6) is 1.87. The van der Waals surface area contributed by atoms with E-state index in [0.717, 1.165) is 24.4 Å². The summed E-state index contributed by atoms with van der Waals surface area (Å²) < 4.78 is 0. The maximum Gasteiger partial charge on any atom is 0.00983 e. The van der Waals surface area contributed by atoms with Crippen molar-refractivity contribution in [3.8, 4) is 0 Å². The largest absolute Gasteiger partial charge is 0.314 e. The van der Waals surface area contributed by atoms with Gasteiger partial charge in [-0.05, 0) is 66.5 Å². The van der Waals surface area contributed by atoms with Crippen LogP contribution in [0.2, 0.25) is 0 Å². The summed E-state index contributed by atoms with van der Waals surface area (Å²) in [6.45, 7) is 5.75. The highest BCUT2D eigenvalue weighted by Gasteiger charge is 2.32. The molecule has 2 heteroatoms. The van der Waals surface area contributed by atoms with E-state index in [0.29, 0.717) is 0 Å². The third kappa shape index (κ3) is 3.33. The summed E-state index contributed by atoms with van der Waals surface area (Å²) in [4.78, 5) is 0. The van der Waals surface area contributed by atoms with Gasteiger partial charge in [-0.2, -0.15) is 11.3 Å². The molecule has 1 nitrogen and oxygen atoms in total. The summed E-state index contributed by atoms with van der Waals surface area (Å²) in [6, 6.07) is 2.98. The van der Waals surface area contributed by atoms with Crippen molar-refractivity contribution in [3.05, 3.63) is 22.4 Å². The van der Waals surface area contributed by atoms with E-state index in [1.54, 1.807) is 0 Å². The first-order valence-corrected chi connectivity index (χ1v) is 7.50. The predicted molar refractivity (Wildman–Crippen MR) is 72.0 cm³/mol. The summed E-state index contributed by atoms with van der Waals surface area (Å²) in [5, 5.41) is 8.13. The van der Waals surface area contributed by atoms with E-state index in [1.165, 1.54) is 31.2 Å². The Morgan fingerprint density at radius 2 is 2.31 bits per heavy atom. The second-order valence-corrected chi connectivity index (χ2v) is 5.81. The fraction of sp³-hybridized carbons (Fsp3) is 0.714. The number of nitrogens with one attached hydrogen (secondary N) is 1. The summed E-state index contributed by atoms with van der Waals surface area (Å²) in [7, 11) is 0. The second kappa shape index (κ2) is 5.83. The van der Waals surface area contributed by atoms with Crippen LogP contribution in [0.15, 0.2) is 16.8 Å². The van der Waals surface area contributed by atoms with Gasteiger partial charge in [0.05, 0.1) is 0 Å². The van der Waals surface area contributed by atoms with Gasteiger partial charge in [-0.15, -0.1) is 0 Å². The van der Waals surface area contributed by atoms with Crippen molar-refractivity contribution >= 4 is 11.3 Å². The lowest BCUT2D eigenvalue weighted by Crippen LogP contribution is -2.36. The van der Waals surface area contributed by atoms with Crippen molar-refractivity contribution in [3.63, 3.8) is 0 Å². The Bertz CT molecular complexity index is 290. The van der Waals surface area contributed by atoms with Crippen molar-refractivity contribution < 1.29 is 0 Å². The minimum atomic E-state index is 0.720. The lowest BCUT2D eigenvalue weighted by atomic mass is 9.92. The second-order valence-electron chi connectivity index (χ2n) is 5.03. The van der Waals surface area contributed by atoms with E-state index in [-0.39, 0.29) is 0 Å². The number of hydrogen-bond donors (Lipinski definition) is 1. The van der Waals surface area contributed by atoms with Gasteiger partial charge >= 0.3 is 0 Å². The number of thiophene rings is 1. The molecule has 90 valence electrons. The molecule has 1 heterocycles. The first-order chi connectivity index (χ1) is 7.81. The normalized spacial score (nSPS) is 19.6. The molecular formula is C14H23NS. The molecule has 1 aliphatic rings. The summed E-state index contributed by atoms with van der Waals surface area (Å²) in [5.41, 5.74) is 1.51. The van der Waals surface area contributed by atoms with Crippen molar-refractivity contribution in [2.75, 3.05) is 6.54 Å². The van der Waals surface area contributed by atoms with Gasteiger partial charge in [0.2, 0.25) is 0 Å². The molecule has 16 heavy (non-hydrogen) atoms. The van der Waals surface area contributed by atoms with E-state index >= 15 is 0 Å². The Kier molecular flexibility index (Phi) is 4.42. The number of hydrogen-bond acceptors (Lipinski definition) is 2. The Labute approximate surface area is 103 Å². The molecule has 0 radical (unpaired) electrons. The van der Waals surface area contributed by atoms with Crippen LogP contribution in [0.5, 0.6) is 0 Å². The third-order valence-electron chi connectivity index (χ3n) is 3.79. The Morgan fingerprint density at radius 3 is 2.88 bits per heavy atom. The van der Waals surface area contributed by atoms with Crippen LogP contribution in [0, 0.1) is 11.8 Å². The molecule has 0 amide bonds. The van der Waals surface area contributed by atoms with Crippen molar-refractivity contribution in [2.45, 2.75) is 45.6 Å². The zero-order chi connectivity index (χ0) is 11.4. The molecule has 2 atom stereocenters. The molecule has 0 bridgehead atoms. The average molecular weight is 237 g/mol. The topological polar surface area (TPSA) is 12.0 Å². The lowest BCUT2D eigenvalue weighted by molar-refractivity contribution is 0.330. The lowest BCUT2D eigenvalue weighted by Gasteiger charge is -2.24. The smallest absolute Gasteiger partial charge is 0.00983 e. The van der Waals surface area contributed by atoms with Crippen LogP contribution in [0.3, 0.4) is 0 Å². The van der Waals surface area contributed by atoms with Gasteiger partial charge < -0.3 is 5.32 Å². The van der Waals surface area contributed by atoms with Crippen molar-refractivity contribution in [1.82, 2.24) is 5.32 Å². The molecule has 1 saturated carbocycles. The van der Waals surface area contributed by atoms with Gasteiger partial charge in [-0.3, -0.25) is 0 Å². The average Bonchev–Trinajstić information content (AvgIpc) is 3.01. The van der Waals surface area contributed by atoms with Gasteiger partial charge in [0.15, 0.2) is 0 Å². The molecule has 1 aliphatic carbocycles. The maximum atomic E-state index is 3.67. The van der Waals surface area contributed by atoms with Crippen LogP contribution in [0.25, 0.3) is 0 Å². The first kappa shape index (κ1) is 12.1. The predicted octanol–water partition coefficient (Wildman–Crippen LogP) is 3.70. The van der Waals surface area contributed by atoms with Crippen molar-refractivity contribution in [2.24, 2.45) is 11.8 Å². The van der Waals surface area contributed by atoms with Gasteiger partial charge in [0, 0.05) is 6.04 Å². The number of aryl methyl sites for hydroxylation is 1. The molecule has 1 N–H and O–H groups in total. The first-order valence-electron chi connectivity index (χ1n) is 6.55. The van der Waals surface area contributed by atoms with Gasteiger partial charge in [0.25, 0.3) is 0 Å². The Balaban J connectivity index is 1.81. The van der Waals surface area contributed by atoms with Crippen LogP contribution in [0.4, 0.5) is 0 Å². The minimum Gasteiger partial charge on any atom is -0.314 e. The quantitative estimate of drug-likeness (QED) is 0.762. The highest BCUT2D eigenvalue weighted by Crippen LogP contribution is 2.39. The SMILES string of the molecule is CCNC(CCc1ccsc1)C(C)C1CC1. The standard InChI is InChI=1S/C14H23NS/c1-3-15-14(11(2)13-5-6-13)7-4-12-8-9-16-10-12/h8-11,13-15H,3-7H2,1-2H3. The molecular weight excluding hydrogens is 214 g/mol. The molecule has 0 spiro atoms. The van der Waals surface area contributed by atoms with Crippen LogP contribution in [0.1, 0.15) is 38.7 Å². The van der Waals surface area contributed by atoms with E-state index < -0.39 is 0 Å². The van der Waals surface area contributed by atoms with E-state index in [1.807, 2.05) is 11.3 Å². The van der Waals surface area contributed by atoms with E-state index in [2.05, 4.69) is 36.0 Å². The fourth-order valence-electron chi connectivity index (χ4n) is 2.52. The van der Waals surface area contributed by atoms with Gasteiger partial charge in [-0.1, -0.05) is 13.8 Å². The summed E-state index contributed by atoms with van der Waals surface area (Å²) >= 11 is 1.81. The number of rotatable bonds is 7. The van der Waals surface area contributed by atoms with Gasteiger partial charge in [-0.25, -0.2) is 0 Å². The molecule has 0 aliphatic heterocycles. The van der Waals surface area contributed by atoms with Crippen LogP contribution >= 0.6 is 11.3 Å². The Hall–Kier alpha value is -0.340. The zero-order valence-corrected chi connectivity index (χ0v) is 11.2. The van der Waals surface area contributed by atoms with Crippen LogP contribution in [-0.4, -0.2) is 12.6 Å². The monoisotopic (exact) mass is 237 g/mol. The Morgan fingerprint density at radius 1 is 1.50 bits per heavy atom. The molecule has 2 rings (SSSR count). The van der Waals surface area contributed by atoms with E-state index in [9.17, 15) is 0 Å². The van der Waals surface area contributed by atoms with Crippen LogP contribution in [-0.2, 0) is 6.42 Å². The van der Waals surface area contributed by atoms with Crippen LogP contribution < -0.4 is 5.32 Å². The fourth-order valence-corrected chi connectivity index (χ4v) is 3.22. The highest BCUT2D eigenvalue weighted by atomic mass is 32.1. The van der Waals surface area contributed by atoms with E-state index in [4.69, 9.17) is 0 Å². The molecule has 1 aromatic rings. The molecule has 0 saturated heterocycles. The zero-order valence-electron chi connectivity index (χ0n) is 10.4. The third-order valence-corrected chi connectivity index (χ3v) is 4.52. The van der Waals surface area contributed by atoms with Gasteiger partial charge in [0.1, 0.15) is 0 Å². The minimum absolute atomic E-state index is 0.720. The molecule has 1 aromatic heterocycles. The molecule has 2 unspecified atom stereocenters. The molecule has 0 aromatic carbocycles.